The van der Waals surface area contributed by atoms with E-state index in [1.54, 1.807) is 36.3 Å². The Morgan fingerprint density at radius 3 is 2.88 bits per heavy atom. The molecule has 3 N–H and O–H groups in total. The molecule has 1 fully saturated rings. The monoisotopic (exact) mass is 469 g/mol. The maximum absolute atomic E-state index is 14.8. The van der Waals surface area contributed by atoms with Gasteiger partial charge in [-0.25, -0.2) is 9.37 Å². The standard InChI is InChI=1S/C24H28FN5O4/c1-3-19(31)30-10-4-5-16(14-30)28-23-20-18(25)13-26-22(21(20)24(32)29-23)27-15-6-8-17(9-7-15)34-12-11-33-2/h3,6-9,13,16,23,28H,1,4-5,10-12,14H2,2H3,(H,26,27)(H,29,32). The number of amides is 2. The second-order valence-electron chi connectivity index (χ2n) is 8.13. The number of halogens is 1. The first-order chi connectivity index (χ1) is 16.5. The van der Waals surface area contributed by atoms with Gasteiger partial charge in [0.05, 0.1) is 18.4 Å². The largest absolute Gasteiger partial charge is 0.491 e. The first kappa shape index (κ1) is 23.7. The summed E-state index contributed by atoms with van der Waals surface area (Å²) in [6, 6.07) is 7.05. The normalized spacial score (nSPS) is 19.4. The van der Waals surface area contributed by atoms with Crippen LogP contribution >= 0.6 is 0 Å². The van der Waals surface area contributed by atoms with Crippen molar-refractivity contribution in [2.75, 3.05) is 38.7 Å². The molecule has 0 aliphatic carbocycles. The molecule has 0 radical (unpaired) electrons. The highest BCUT2D eigenvalue weighted by molar-refractivity contribution is 6.04. The highest BCUT2D eigenvalue weighted by Gasteiger charge is 2.37. The number of anilines is 2. The van der Waals surface area contributed by atoms with Gasteiger partial charge in [0.1, 0.15) is 30.2 Å². The van der Waals surface area contributed by atoms with Crippen molar-refractivity contribution in [2.45, 2.75) is 25.0 Å². The van der Waals surface area contributed by atoms with E-state index in [1.807, 2.05) is 0 Å². The van der Waals surface area contributed by atoms with Crippen molar-refractivity contribution in [1.29, 1.82) is 0 Å². The van der Waals surface area contributed by atoms with Gasteiger partial charge in [0.2, 0.25) is 5.91 Å². The third-order valence-electron chi connectivity index (χ3n) is 5.84. The van der Waals surface area contributed by atoms with E-state index in [-0.39, 0.29) is 28.9 Å². The van der Waals surface area contributed by atoms with Crippen LogP contribution in [-0.4, -0.2) is 61.2 Å². The maximum Gasteiger partial charge on any atom is 0.257 e. The molecule has 2 amide bonds. The van der Waals surface area contributed by atoms with Crippen molar-refractivity contribution >= 4 is 23.3 Å². The van der Waals surface area contributed by atoms with Crippen LogP contribution in [0.5, 0.6) is 5.75 Å². The quantitative estimate of drug-likeness (QED) is 0.383. The highest BCUT2D eigenvalue weighted by Crippen LogP contribution is 2.33. The third kappa shape index (κ3) is 5.18. The minimum absolute atomic E-state index is 0.0940. The lowest BCUT2D eigenvalue weighted by molar-refractivity contribution is -0.127. The molecule has 2 aliphatic rings. The Balaban J connectivity index is 1.49. The molecule has 0 bridgehead atoms. The zero-order valence-corrected chi connectivity index (χ0v) is 19.0. The summed E-state index contributed by atoms with van der Waals surface area (Å²) in [6.07, 6.45) is 3.29. The molecule has 10 heteroatoms. The molecule has 180 valence electrons. The zero-order chi connectivity index (χ0) is 24.1. The molecule has 1 aromatic heterocycles. The molecular weight excluding hydrogens is 441 g/mol. The third-order valence-corrected chi connectivity index (χ3v) is 5.84. The Morgan fingerprint density at radius 2 is 2.15 bits per heavy atom. The van der Waals surface area contributed by atoms with Crippen LogP contribution in [0.25, 0.3) is 0 Å². The predicted octanol–water partition coefficient (Wildman–Crippen LogP) is 2.50. The molecule has 2 aromatic rings. The number of piperidine rings is 1. The predicted molar refractivity (Wildman–Crippen MR) is 124 cm³/mol. The average molecular weight is 470 g/mol. The number of ether oxygens (including phenoxy) is 2. The van der Waals surface area contributed by atoms with Gasteiger partial charge in [-0.05, 0) is 43.2 Å². The number of likely N-dealkylation sites (tertiary alicyclic amines) is 1. The van der Waals surface area contributed by atoms with Gasteiger partial charge in [0, 0.05) is 37.5 Å². The second-order valence-corrected chi connectivity index (χ2v) is 8.13. The van der Waals surface area contributed by atoms with Crippen molar-refractivity contribution in [2.24, 2.45) is 0 Å². The van der Waals surface area contributed by atoms with Crippen LogP contribution in [0.4, 0.5) is 15.9 Å². The van der Waals surface area contributed by atoms with Gasteiger partial charge < -0.3 is 25.0 Å². The Kier molecular flexibility index (Phi) is 7.39. The summed E-state index contributed by atoms with van der Waals surface area (Å²) in [5, 5.41) is 9.20. The van der Waals surface area contributed by atoms with Crippen LogP contribution in [0.2, 0.25) is 0 Å². The summed E-state index contributed by atoms with van der Waals surface area (Å²) in [5.74, 6) is -0.194. The second kappa shape index (κ2) is 10.6. The lowest BCUT2D eigenvalue weighted by atomic mass is 10.0. The number of rotatable bonds is 9. The zero-order valence-electron chi connectivity index (χ0n) is 19.0. The minimum atomic E-state index is -0.716. The van der Waals surface area contributed by atoms with Gasteiger partial charge in [-0.15, -0.1) is 0 Å². The smallest absolute Gasteiger partial charge is 0.257 e. The van der Waals surface area contributed by atoms with E-state index < -0.39 is 17.9 Å². The van der Waals surface area contributed by atoms with Gasteiger partial charge in [-0.2, -0.15) is 0 Å². The molecule has 9 nitrogen and oxygen atoms in total. The molecule has 2 aliphatic heterocycles. The molecule has 34 heavy (non-hydrogen) atoms. The van der Waals surface area contributed by atoms with Crippen LogP contribution in [0.1, 0.15) is 34.9 Å². The molecule has 1 saturated heterocycles. The Bertz CT molecular complexity index is 1060. The number of aromatic nitrogens is 1. The summed E-state index contributed by atoms with van der Waals surface area (Å²) in [6.45, 7) is 5.57. The molecule has 4 rings (SSSR count). The van der Waals surface area contributed by atoms with Crippen LogP contribution in [-0.2, 0) is 9.53 Å². The van der Waals surface area contributed by atoms with Gasteiger partial charge in [0.15, 0.2) is 0 Å². The van der Waals surface area contributed by atoms with Crippen LogP contribution in [0.15, 0.2) is 43.1 Å². The first-order valence-corrected chi connectivity index (χ1v) is 11.2. The number of fused-ring (bicyclic) bond motifs is 1. The van der Waals surface area contributed by atoms with Crippen LogP contribution < -0.4 is 20.7 Å². The Hall–Kier alpha value is -3.50. The van der Waals surface area contributed by atoms with Crippen molar-refractivity contribution in [1.82, 2.24) is 20.5 Å². The number of methoxy groups -OCH3 is 1. The summed E-state index contributed by atoms with van der Waals surface area (Å²) < 4.78 is 25.3. The van der Waals surface area contributed by atoms with E-state index in [1.165, 1.54) is 6.08 Å². The number of nitrogens with one attached hydrogen (secondary N) is 3. The first-order valence-electron chi connectivity index (χ1n) is 11.2. The fourth-order valence-corrected chi connectivity index (χ4v) is 4.20. The van der Waals surface area contributed by atoms with Crippen molar-refractivity contribution < 1.29 is 23.5 Å². The van der Waals surface area contributed by atoms with E-state index in [4.69, 9.17) is 9.47 Å². The molecule has 2 atom stereocenters. The fraction of sp³-hybridized carbons (Fsp3) is 0.375. The van der Waals surface area contributed by atoms with Crippen molar-refractivity contribution in [3.63, 3.8) is 0 Å². The van der Waals surface area contributed by atoms with Gasteiger partial charge in [-0.1, -0.05) is 6.58 Å². The van der Waals surface area contributed by atoms with Crippen LogP contribution in [0.3, 0.4) is 0 Å². The molecule has 1 aromatic carbocycles. The number of benzene rings is 1. The summed E-state index contributed by atoms with van der Waals surface area (Å²) in [7, 11) is 1.61. The van der Waals surface area contributed by atoms with E-state index >= 15 is 0 Å². The van der Waals surface area contributed by atoms with Gasteiger partial charge in [-0.3, -0.25) is 14.9 Å². The lowest BCUT2D eigenvalue weighted by Gasteiger charge is -2.34. The SMILES string of the molecule is C=CC(=O)N1CCCC(NC2NC(=O)c3c(Nc4ccc(OCCOC)cc4)ncc(F)c32)C1. The molecule has 2 unspecified atom stereocenters. The maximum atomic E-state index is 14.8. The molecular formula is C24H28FN5O4. The van der Waals surface area contributed by atoms with E-state index in [2.05, 4.69) is 27.5 Å². The van der Waals surface area contributed by atoms with Crippen LogP contribution in [0, 0.1) is 5.82 Å². The summed E-state index contributed by atoms with van der Waals surface area (Å²) >= 11 is 0. The highest BCUT2D eigenvalue weighted by atomic mass is 19.1. The molecule has 3 heterocycles. The fourth-order valence-electron chi connectivity index (χ4n) is 4.20. The number of nitrogens with zero attached hydrogens (tertiary/aromatic N) is 2. The average Bonchev–Trinajstić information content (AvgIpc) is 3.18. The Morgan fingerprint density at radius 1 is 1.35 bits per heavy atom. The Labute approximate surface area is 197 Å². The number of carbonyl (C=O) groups is 2. The van der Waals surface area contributed by atoms with E-state index in [0.29, 0.717) is 37.7 Å². The van der Waals surface area contributed by atoms with Gasteiger partial charge in [0.25, 0.3) is 5.91 Å². The van der Waals surface area contributed by atoms with E-state index in [9.17, 15) is 14.0 Å². The minimum Gasteiger partial charge on any atom is -0.491 e. The number of hydrogen-bond donors (Lipinski definition) is 3. The molecule has 0 spiro atoms. The summed E-state index contributed by atoms with van der Waals surface area (Å²) in [4.78, 5) is 30.6. The number of pyridine rings is 1. The molecule has 0 saturated carbocycles. The number of carbonyl (C=O) groups excluding carboxylic acids is 2. The van der Waals surface area contributed by atoms with E-state index in [0.717, 1.165) is 19.0 Å². The lowest BCUT2D eigenvalue weighted by Crippen LogP contribution is -2.50. The summed E-state index contributed by atoms with van der Waals surface area (Å²) in [5.41, 5.74) is 1.05. The van der Waals surface area contributed by atoms with Crippen molar-refractivity contribution in [3.05, 3.63) is 60.1 Å². The topological polar surface area (TPSA) is 105 Å². The van der Waals surface area contributed by atoms with Crippen molar-refractivity contribution in [3.8, 4) is 5.75 Å². The van der Waals surface area contributed by atoms with Gasteiger partial charge >= 0.3 is 0 Å². The number of hydrogen-bond acceptors (Lipinski definition) is 7.